The molecular weight excluding hydrogens is 168 g/mol. The minimum absolute atomic E-state index is 0.152. The molecular formula is C9H16N2O2. The largest absolute Gasteiger partial charge is 0.396 e. The summed E-state index contributed by atoms with van der Waals surface area (Å²) >= 11 is 0. The van der Waals surface area contributed by atoms with E-state index in [2.05, 4.69) is 5.43 Å². The van der Waals surface area contributed by atoms with Crippen molar-refractivity contribution in [3.8, 4) is 0 Å². The normalized spacial score (nSPS) is 28.5. The highest BCUT2D eigenvalue weighted by Crippen LogP contribution is 2.36. The highest BCUT2D eigenvalue weighted by atomic mass is 16.3. The van der Waals surface area contributed by atoms with Crippen LogP contribution in [0.2, 0.25) is 0 Å². The lowest BCUT2D eigenvalue weighted by Gasteiger charge is -2.16. The van der Waals surface area contributed by atoms with Crippen LogP contribution in [0.4, 0.5) is 0 Å². The fourth-order valence-corrected chi connectivity index (χ4v) is 1.80. The molecule has 13 heavy (non-hydrogen) atoms. The number of hydrogen-bond acceptors (Lipinski definition) is 3. The lowest BCUT2D eigenvalue weighted by atomic mass is 10.1. The van der Waals surface area contributed by atoms with Gasteiger partial charge in [0.25, 0.3) is 0 Å². The van der Waals surface area contributed by atoms with Gasteiger partial charge in [-0.15, -0.1) is 0 Å². The molecule has 4 heteroatoms. The van der Waals surface area contributed by atoms with Gasteiger partial charge in [-0.3, -0.25) is 9.80 Å². The molecule has 1 unspecified atom stereocenters. The van der Waals surface area contributed by atoms with Gasteiger partial charge in [-0.05, 0) is 25.2 Å². The van der Waals surface area contributed by atoms with Crippen LogP contribution in [0.1, 0.15) is 25.7 Å². The molecule has 2 fully saturated rings. The zero-order valence-corrected chi connectivity index (χ0v) is 7.70. The van der Waals surface area contributed by atoms with Crippen molar-refractivity contribution in [2.24, 2.45) is 5.92 Å². The Labute approximate surface area is 77.9 Å². The molecule has 4 nitrogen and oxygen atoms in total. The van der Waals surface area contributed by atoms with E-state index >= 15 is 0 Å². The summed E-state index contributed by atoms with van der Waals surface area (Å²) < 4.78 is 0. The number of aliphatic hydroxyl groups excluding tert-OH is 1. The zero-order chi connectivity index (χ0) is 9.26. The van der Waals surface area contributed by atoms with Gasteiger partial charge >= 0.3 is 0 Å². The number of hydrogen-bond donors (Lipinski definition) is 2. The second kappa shape index (κ2) is 3.64. The number of aliphatic hydroxyl groups is 1. The quantitative estimate of drug-likeness (QED) is 0.640. The third-order valence-electron chi connectivity index (χ3n) is 2.75. The van der Waals surface area contributed by atoms with Crippen molar-refractivity contribution < 1.29 is 9.90 Å². The molecule has 1 atom stereocenters. The summed E-state index contributed by atoms with van der Waals surface area (Å²) in [5.41, 5.74) is 3.21. The van der Waals surface area contributed by atoms with Gasteiger partial charge in [0.1, 0.15) is 0 Å². The van der Waals surface area contributed by atoms with E-state index in [1.807, 2.05) is 0 Å². The fraction of sp³-hybridized carbons (Fsp3) is 0.889. The van der Waals surface area contributed by atoms with Crippen molar-refractivity contribution in [2.75, 3.05) is 13.2 Å². The molecule has 1 aliphatic carbocycles. The van der Waals surface area contributed by atoms with Crippen LogP contribution in [0.15, 0.2) is 0 Å². The Morgan fingerprint density at radius 3 is 2.92 bits per heavy atom. The molecule has 1 heterocycles. The first-order chi connectivity index (χ1) is 6.31. The average molecular weight is 184 g/mol. The van der Waals surface area contributed by atoms with Crippen LogP contribution in [-0.4, -0.2) is 35.2 Å². The molecule has 0 aromatic heterocycles. The van der Waals surface area contributed by atoms with E-state index in [4.69, 9.17) is 5.11 Å². The molecule has 1 saturated carbocycles. The predicted octanol–water partition coefficient (Wildman–Crippen LogP) is -0.116. The van der Waals surface area contributed by atoms with Gasteiger partial charge in [-0.2, -0.15) is 0 Å². The molecule has 2 rings (SSSR count). The summed E-state index contributed by atoms with van der Waals surface area (Å²) in [5, 5.41) is 10.3. The minimum atomic E-state index is 0.152. The Hall–Kier alpha value is -0.610. The molecule has 2 aliphatic rings. The van der Waals surface area contributed by atoms with Crippen molar-refractivity contribution in [3.63, 3.8) is 0 Å². The van der Waals surface area contributed by atoms with E-state index in [1.54, 1.807) is 5.01 Å². The van der Waals surface area contributed by atoms with E-state index in [1.165, 1.54) is 12.8 Å². The van der Waals surface area contributed by atoms with Gasteiger partial charge < -0.3 is 5.11 Å². The summed E-state index contributed by atoms with van der Waals surface area (Å²) in [4.78, 5) is 11.4. The van der Waals surface area contributed by atoms with Crippen LogP contribution in [0, 0.1) is 5.92 Å². The first-order valence-electron chi connectivity index (χ1n) is 4.98. The number of rotatable bonds is 4. The summed E-state index contributed by atoms with van der Waals surface area (Å²) in [6.45, 7) is 0.790. The first kappa shape index (κ1) is 8.97. The molecule has 1 aliphatic heterocycles. The van der Waals surface area contributed by atoms with E-state index in [-0.39, 0.29) is 12.5 Å². The Bertz CT molecular complexity index is 204. The number of amides is 1. The van der Waals surface area contributed by atoms with E-state index in [0.717, 1.165) is 5.92 Å². The fourth-order valence-electron chi connectivity index (χ4n) is 1.80. The Kier molecular flexibility index (Phi) is 2.51. The van der Waals surface area contributed by atoms with Crippen LogP contribution in [0.3, 0.4) is 0 Å². The summed E-state index contributed by atoms with van der Waals surface area (Å²) in [5.74, 6) is 0.911. The number of nitrogens with one attached hydrogen (secondary N) is 1. The van der Waals surface area contributed by atoms with Crippen molar-refractivity contribution in [1.29, 1.82) is 0 Å². The van der Waals surface area contributed by atoms with Gasteiger partial charge in [0, 0.05) is 25.6 Å². The summed E-state index contributed by atoms with van der Waals surface area (Å²) in [7, 11) is 0. The van der Waals surface area contributed by atoms with E-state index < -0.39 is 0 Å². The molecule has 0 aromatic carbocycles. The standard InChI is InChI=1S/C9H16N2O2/c12-5-1-4-11-9(13)6-8(10-11)7-2-3-7/h7-8,10,12H,1-6H2. The minimum Gasteiger partial charge on any atom is -0.396 e. The van der Waals surface area contributed by atoms with Crippen LogP contribution in [0.25, 0.3) is 0 Å². The molecule has 0 bridgehead atoms. The van der Waals surface area contributed by atoms with Gasteiger partial charge in [0.15, 0.2) is 0 Å². The second-order valence-corrected chi connectivity index (χ2v) is 3.90. The third-order valence-corrected chi connectivity index (χ3v) is 2.75. The highest BCUT2D eigenvalue weighted by Gasteiger charge is 2.39. The lowest BCUT2D eigenvalue weighted by molar-refractivity contribution is -0.129. The maximum atomic E-state index is 11.4. The molecule has 1 amide bonds. The van der Waals surface area contributed by atoms with Gasteiger partial charge in [-0.1, -0.05) is 0 Å². The number of carbonyl (C=O) groups is 1. The topological polar surface area (TPSA) is 52.6 Å². The maximum Gasteiger partial charge on any atom is 0.238 e. The molecule has 0 radical (unpaired) electrons. The zero-order valence-electron chi connectivity index (χ0n) is 7.70. The Morgan fingerprint density at radius 1 is 1.54 bits per heavy atom. The van der Waals surface area contributed by atoms with E-state index in [9.17, 15) is 4.79 Å². The smallest absolute Gasteiger partial charge is 0.238 e. The monoisotopic (exact) mass is 184 g/mol. The van der Waals surface area contributed by atoms with Crippen molar-refractivity contribution in [3.05, 3.63) is 0 Å². The SMILES string of the molecule is O=C1CC(C2CC2)NN1CCCO. The van der Waals surface area contributed by atoms with Crippen LogP contribution in [0.5, 0.6) is 0 Å². The number of nitrogens with zero attached hydrogens (tertiary/aromatic N) is 1. The highest BCUT2D eigenvalue weighted by molar-refractivity contribution is 5.78. The average Bonchev–Trinajstić information content (AvgIpc) is 2.89. The number of carbonyl (C=O) groups excluding carboxylic acids is 1. The first-order valence-corrected chi connectivity index (χ1v) is 4.98. The second-order valence-electron chi connectivity index (χ2n) is 3.90. The van der Waals surface area contributed by atoms with Crippen molar-refractivity contribution in [1.82, 2.24) is 10.4 Å². The lowest BCUT2D eigenvalue weighted by Crippen LogP contribution is -2.39. The van der Waals surface area contributed by atoms with Gasteiger partial charge in [0.2, 0.25) is 5.91 Å². The molecule has 0 spiro atoms. The Morgan fingerprint density at radius 2 is 2.31 bits per heavy atom. The Balaban J connectivity index is 1.80. The molecule has 2 N–H and O–H groups in total. The summed E-state index contributed by atoms with van der Waals surface area (Å²) in [6, 6.07) is 0.381. The number of hydrazine groups is 1. The third kappa shape index (κ3) is 2.00. The summed E-state index contributed by atoms with van der Waals surface area (Å²) in [6.07, 6.45) is 3.84. The van der Waals surface area contributed by atoms with Crippen molar-refractivity contribution >= 4 is 5.91 Å². The molecule has 74 valence electrons. The van der Waals surface area contributed by atoms with Crippen LogP contribution < -0.4 is 5.43 Å². The van der Waals surface area contributed by atoms with Crippen molar-refractivity contribution in [2.45, 2.75) is 31.7 Å². The van der Waals surface area contributed by atoms with Crippen LogP contribution in [-0.2, 0) is 4.79 Å². The van der Waals surface area contributed by atoms with E-state index in [0.29, 0.717) is 25.4 Å². The molecule has 0 aromatic rings. The maximum absolute atomic E-state index is 11.4. The van der Waals surface area contributed by atoms with Crippen LogP contribution >= 0.6 is 0 Å². The predicted molar refractivity (Wildman–Crippen MR) is 47.7 cm³/mol. The van der Waals surface area contributed by atoms with Gasteiger partial charge in [0.05, 0.1) is 0 Å². The molecule has 1 saturated heterocycles. The van der Waals surface area contributed by atoms with Gasteiger partial charge in [-0.25, -0.2) is 5.43 Å².